The Labute approximate surface area is 111 Å². The zero-order valence-corrected chi connectivity index (χ0v) is 10.9. The molecular formula is C12H8BrClF2O. The second kappa shape index (κ2) is 5.19. The van der Waals surface area contributed by atoms with Crippen LogP contribution in [0.25, 0.3) is 0 Å². The fourth-order valence-electron chi connectivity index (χ4n) is 1.50. The molecule has 90 valence electrons. The zero-order valence-electron chi connectivity index (χ0n) is 8.59. The third-order valence-corrected chi connectivity index (χ3v) is 3.14. The molecule has 0 aliphatic rings. The molecule has 0 aliphatic heterocycles. The molecule has 17 heavy (non-hydrogen) atoms. The summed E-state index contributed by atoms with van der Waals surface area (Å²) >= 11 is 9.19. The Hall–Kier alpha value is -0.870. The van der Waals surface area contributed by atoms with Gasteiger partial charge in [0.05, 0.1) is 5.38 Å². The van der Waals surface area contributed by atoms with Crippen LogP contribution < -0.4 is 0 Å². The number of alkyl halides is 1. The molecule has 0 bridgehead atoms. The molecular weight excluding hydrogens is 313 g/mol. The van der Waals surface area contributed by atoms with E-state index in [0.717, 1.165) is 0 Å². The first kappa shape index (κ1) is 12.6. The van der Waals surface area contributed by atoms with Gasteiger partial charge in [-0.1, -0.05) is 6.07 Å². The number of furan rings is 1. The van der Waals surface area contributed by atoms with Crippen molar-refractivity contribution in [1.29, 1.82) is 0 Å². The molecule has 2 rings (SSSR count). The quantitative estimate of drug-likeness (QED) is 0.737. The Kier molecular flexibility index (Phi) is 3.84. The molecule has 1 aromatic carbocycles. The lowest BCUT2D eigenvalue weighted by molar-refractivity contribution is 0.474. The molecule has 1 nitrogen and oxygen atoms in total. The van der Waals surface area contributed by atoms with Crippen LogP contribution in [0, 0.1) is 11.6 Å². The van der Waals surface area contributed by atoms with E-state index in [-0.39, 0.29) is 12.0 Å². The van der Waals surface area contributed by atoms with E-state index in [9.17, 15) is 8.78 Å². The summed E-state index contributed by atoms with van der Waals surface area (Å²) in [6.45, 7) is 0. The van der Waals surface area contributed by atoms with Crippen LogP contribution in [0.3, 0.4) is 0 Å². The van der Waals surface area contributed by atoms with Crippen molar-refractivity contribution in [3.8, 4) is 0 Å². The van der Waals surface area contributed by atoms with Gasteiger partial charge in [0, 0.05) is 12.0 Å². The smallest absolute Gasteiger partial charge is 0.169 e. The van der Waals surface area contributed by atoms with Gasteiger partial charge in [0.1, 0.15) is 17.4 Å². The largest absolute Gasteiger partial charge is 0.453 e. The van der Waals surface area contributed by atoms with E-state index in [2.05, 4.69) is 15.9 Å². The number of hydrogen-bond donors (Lipinski definition) is 0. The first-order chi connectivity index (χ1) is 8.08. The average Bonchev–Trinajstić information content (AvgIpc) is 2.70. The normalized spacial score (nSPS) is 12.7. The molecule has 1 aromatic heterocycles. The monoisotopic (exact) mass is 320 g/mol. The highest BCUT2D eigenvalue weighted by Crippen LogP contribution is 2.30. The van der Waals surface area contributed by atoms with Gasteiger partial charge in [-0.3, -0.25) is 0 Å². The summed E-state index contributed by atoms with van der Waals surface area (Å²) in [6, 6.07) is 7.09. The standard InChI is InChI=1S/C12H8BrClF2O/c13-12-5-4-11(17-12)8(14)6-7-9(15)2-1-3-10(7)16/h1-5,8H,6H2. The highest BCUT2D eigenvalue weighted by Gasteiger charge is 2.17. The second-order valence-corrected chi connectivity index (χ2v) is 4.82. The highest BCUT2D eigenvalue weighted by molar-refractivity contribution is 9.10. The number of benzene rings is 1. The first-order valence-corrected chi connectivity index (χ1v) is 6.13. The maximum absolute atomic E-state index is 13.4. The van der Waals surface area contributed by atoms with E-state index in [1.54, 1.807) is 12.1 Å². The van der Waals surface area contributed by atoms with Gasteiger partial charge in [0.15, 0.2) is 4.67 Å². The second-order valence-electron chi connectivity index (χ2n) is 3.51. The summed E-state index contributed by atoms with van der Waals surface area (Å²) in [6.07, 6.45) is 0.0417. The van der Waals surface area contributed by atoms with Crippen LogP contribution in [-0.4, -0.2) is 0 Å². The molecule has 5 heteroatoms. The van der Waals surface area contributed by atoms with Gasteiger partial charge < -0.3 is 4.42 Å². The fourth-order valence-corrected chi connectivity index (χ4v) is 2.09. The van der Waals surface area contributed by atoms with Crippen LogP contribution >= 0.6 is 27.5 Å². The molecule has 0 amide bonds. The van der Waals surface area contributed by atoms with E-state index < -0.39 is 17.0 Å². The summed E-state index contributed by atoms with van der Waals surface area (Å²) in [5, 5.41) is -0.604. The van der Waals surface area contributed by atoms with E-state index in [0.29, 0.717) is 10.4 Å². The Bertz CT molecular complexity index is 507. The van der Waals surface area contributed by atoms with Crippen molar-refractivity contribution in [1.82, 2.24) is 0 Å². The lowest BCUT2D eigenvalue weighted by Gasteiger charge is -2.08. The molecule has 0 aliphatic carbocycles. The van der Waals surface area contributed by atoms with Gasteiger partial charge in [-0.15, -0.1) is 11.6 Å². The van der Waals surface area contributed by atoms with E-state index in [1.807, 2.05) is 0 Å². The van der Waals surface area contributed by atoms with Crippen LogP contribution in [0.4, 0.5) is 8.78 Å². The van der Waals surface area contributed by atoms with Crippen LogP contribution in [0.2, 0.25) is 0 Å². The van der Waals surface area contributed by atoms with Gasteiger partial charge in [-0.25, -0.2) is 8.78 Å². The van der Waals surface area contributed by atoms with Crippen molar-refractivity contribution < 1.29 is 13.2 Å². The van der Waals surface area contributed by atoms with Crippen molar-refractivity contribution in [2.45, 2.75) is 11.8 Å². The summed E-state index contributed by atoms with van der Waals surface area (Å²) < 4.78 is 32.6. The number of rotatable bonds is 3. The van der Waals surface area contributed by atoms with Crippen LogP contribution in [0.5, 0.6) is 0 Å². The molecule has 1 unspecified atom stereocenters. The van der Waals surface area contributed by atoms with Crippen LogP contribution in [-0.2, 0) is 6.42 Å². The molecule has 0 N–H and O–H groups in total. The third kappa shape index (κ3) is 2.87. The third-order valence-electron chi connectivity index (χ3n) is 2.35. The number of halogens is 4. The Morgan fingerprint density at radius 3 is 2.35 bits per heavy atom. The fraction of sp³-hybridized carbons (Fsp3) is 0.167. The molecule has 2 aromatic rings. The summed E-state index contributed by atoms with van der Waals surface area (Å²) in [5.74, 6) is -0.719. The van der Waals surface area contributed by atoms with Gasteiger partial charge >= 0.3 is 0 Å². The van der Waals surface area contributed by atoms with Crippen LogP contribution in [0.1, 0.15) is 16.7 Å². The predicted octanol–water partition coefficient (Wildman–Crippen LogP) is 4.84. The zero-order chi connectivity index (χ0) is 12.4. The molecule has 0 saturated heterocycles. The molecule has 0 fully saturated rings. The van der Waals surface area contributed by atoms with Crippen molar-refractivity contribution >= 4 is 27.5 Å². The highest BCUT2D eigenvalue weighted by atomic mass is 79.9. The van der Waals surface area contributed by atoms with Gasteiger partial charge in [-0.2, -0.15) is 0 Å². The lowest BCUT2D eigenvalue weighted by Crippen LogP contribution is -2.00. The minimum atomic E-state index is -0.604. The maximum Gasteiger partial charge on any atom is 0.169 e. The lowest BCUT2D eigenvalue weighted by atomic mass is 10.1. The number of hydrogen-bond acceptors (Lipinski definition) is 1. The molecule has 0 radical (unpaired) electrons. The molecule has 1 heterocycles. The van der Waals surface area contributed by atoms with E-state index in [1.165, 1.54) is 18.2 Å². The van der Waals surface area contributed by atoms with E-state index in [4.69, 9.17) is 16.0 Å². The summed E-state index contributed by atoms with van der Waals surface area (Å²) in [7, 11) is 0. The predicted molar refractivity (Wildman–Crippen MR) is 65.1 cm³/mol. The molecule has 1 atom stereocenters. The van der Waals surface area contributed by atoms with Crippen LogP contribution in [0.15, 0.2) is 39.4 Å². The Balaban J connectivity index is 2.21. The van der Waals surface area contributed by atoms with Crippen molar-refractivity contribution in [3.05, 3.63) is 58.0 Å². The van der Waals surface area contributed by atoms with E-state index >= 15 is 0 Å². The van der Waals surface area contributed by atoms with Gasteiger partial charge in [0.25, 0.3) is 0 Å². The Morgan fingerprint density at radius 1 is 1.18 bits per heavy atom. The first-order valence-electron chi connectivity index (χ1n) is 4.90. The average molecular weight is 322 g/mol. The Morgan fingerprint density at radius 2 is 1.82 bits per heavy atom. The minimum absolute atomic E-state index is 0.0278. The maximum atomic E-state index is 13.4. The topological polar surface area (TPSA) is 13.1 Å². The minimum Gasteiger partial charge on any atom is -0.453 e. The van der Waals surface area contributed by atoms with Crippen molar-refractivity contribution in [2.75, 3.05) is 0 Å². The summed E-state index contributed by atoms with van der Waals surface area (Å²) in [5.41, 5.74) is -0.0278. The van der Waals surface area contributed by atoms with Gasteiger partial charge in [-0.05, 0) is 40.2 Å². The molecule has 0 spiro atoms. The van der Waals surface area contributed by atoms with Crippen molar-refractivity contribution in [2.24, 2.45) is 0 Å². The van der Waals surface area contributed by atoms with Crippen molar-refractivity contribution in [3.63, 3.8) is 0 Å². The SMILES string of the molecule is Fc1cccc(F)c1CC(Cl)c1ccc(Br)o1. The molecule has 0 saturated carbocycles. The van der Waals surface area contributed by atoms with Gasteiger partial charge in [0.2, 0.25) is 0 Å². The summed E-state index contributed by atoms with van der Waals surface area (Å²) in [4.78, 5) is 0.